The predicted octanol–water partition coefficient (Wildman–Crippen LogP) is 2.70. The molecule has 0 radical (unpaired) electrons. The zero-order chi connectivity index (χ0) is 14.9. The van der Waals surface area contributed by atoms with E-state index in [1.54, 1.807) is 6.07 Å². The summed E-state index contributed by atoms with van der Waals surface area (Å²) in [5, 5.41) is 9.25. The summed E-state index contributed by atoms with van der Waals surface area (Å²) in [6.07, 6.45) is 0.681. The van der Waals surface area contributed by atoms with Crippen molar-refractivity contribution in [3.05, 3.63) is 41.5 Å². The van der Waals surface area contributed by atoms with Crippen LogP contribution in [0, 0.1) is 0 Å². The van der Waals surface area contributed by atoms with Crippen LogP contribution in [0.3, 0.4) is 0 Å². The molecule has 0 fully saturated rings. The van der Waals surface area contributed by atoms with Crippen molar-refractivity contribution in [2.45, 2.75) is 31.1 Å². The molecule has 20 heavy (non-hydrogen) atoms. The van der Waals surface area contributed by atoms with Crippen molar-refractivity contribution < 1.29 is 18.1 Å². The predicted molar refractivity (Wildman–Crippen MR) is 77.8 cm³/mol. The van der Waals surface area contributed by atoms with E-state index < -0.39 is 10.1 Å². The molecule has 5 heteroatoms. The maximum atomic E-state index is 11.5. The molecule has 0 heterocycles. The summed E-state index contributed by atoms with van der Waals surface area (Å²) in [5.74, 6) is -0.0974. The Balaban J connectivity index is 2.76. The van der Waals surface area contributed by atoms with Gasteiger partial charge in [0.2, 0.25) is 0 Å². The number of rotatable bonds is 4. The third-order valence-corrected chi connectivity index (χ3v) is 4.46. The van der Waals surface area contributed by atoms with Crippen molar-refractivity contribution in [3.8, 4) is 11.1 Å². The highest BCUT2D eigenvalue weighted by Crippen LogP contribution is 2.36. The second-order valence-corrected chi connectivity index (χ2v) is 6.33. The van der Waals surface area contributed by atoms with E-state index in [1.165, 1.54) is 6.07 Å². The topological polar surface area (TPSA) is 74.6 Å². The Morgan fingerprint density at radius 2 is 1.90 bits per heavy atom. The van der Waals surface area contributed by atoms with E-state index in [0.717, 1.165) is 16.7 Å². The summed E-state index contributed by atoms with van der Waals surface area (Å²) < 4.78 is 32.5. The van der Waals surface area contributed by atoms with Crippen LogP contribution in [-0.4, -0.2) is 24.7 Å². The van der Waals surface area contributed by atoms with Crippen LogP contribution in [-0.2, 0) is 16.5 Å². The molecule has 0 aliphatic heterocycles. The first-order valence-corrected chi connectivity index (χ1v) is 7.96. The van der Waals surface area contributed by atoms with Crippen molar-refractivity contribution in [2.24, 2.45) is 0 Å². The van der Waals surface area contributed by atoms with Crippen LogP contribution < -0.4 is 0 Å². The van der Waals surface area contributed by atoms with E-state index in [-0.39, 0.29) is 17.4 Å². The van der Waals surface area contributed by atoms with Crippen molar-refractivity contribution in [2.75, 3.05) is 6.61 Å². The lowest BCUT2D eigenvalue weighted by Gasteiger charge is -2.07. The summed E-state index contributed by atoms with van der Waals surface area (Å²) in [6, 6.07) is 8.80. The minimum atomic E-state index is -4.26. The molecule has 2 N–H and O–H groups in total. The fourth-order valence-electron chi connectivity index (χ4n) is 2.35. The lowest BCUT2D eigenvalue weighted by Crippen LogP contribution is -1.99. The van der Waals surface area contributed by atoms with Gasteiger partial charge >= 0.3 is 0 Å². The lowest BCUT2D eigenvalue weighted by atomic mass is 10.0. The van der Waals surface area contributed by atoms with Gasteiger partial charge in [-0.25, -0.2) is 0 Å². The highest BCUT2D eigenvalue weighted by Gasteiger charge is 2.23. The van der Waals surface area contributed by atoms with Gasteiger partial charge in [0.1, 0.15) is 4.90 Å². The molecule has 0 saturated heterocycles. The maximum Gasteiger partial charge on any atom is 0.295 e. The first-order chi connectivity index (χ1) is 9.38. The molecule has 0 spiro atoms. The Morgan fingerprint density at radius 1 is 1.20 bits per heavy atom. The number of aliphatic hydroxyl groups is 1. The van der Waals surface area contributed by atoms with Gasteiger partial charge in [0.25, 0.3) is 10.1 Å². The molecular weight excluding hydrogens is 276 g/mol. The Kier molecular flexibility index (Phi) is 4.13. The minimum Gasteiger partial charge on any atom is -0.396 e. The van der Waals surface area contributed by atoms with E-state index in [9.17, 15) is 18.1 Å². The van der Waals surface area contributed by atoms with E-state index in [2.05, 4.69) is 0 Å². The van der Waals surface area contributed by atoms with Crippen LogP contribution in [0.4, 0.5) is 0 Å². The average Bonchev–Trinajstić information content (AvgIpc) is 2.61. The monoisotopic (exact) mass is 294 g/mol. The van der Waals surface area contributed by atoms with Crippen LogP contribution in [0.5, 0.6) is 0 Å². The molecule has 0 aromatic heterocycles. The van der Waals surface area contributed by atoms with Gasteiger partial charge < -0.3 is 5.11 Å². The van der Waals surface area contributed by atoms with Gasteiger partial charge in [-0.15, -0.1) is 0 Å². The first kappa shape index (κ1) is 15.0. The van der Waals surface area contributed by atoms with Crippen molar-refractivity contribution in [1.29, 1.82) is 0 Å². The second-order valence-electron chi connectivity index (χ2n) is 4.94. The molecule has 2 aliphatic rings. The van der Waals surface area contributed by atoms with Gasteiger partial charge in [0, 0.05) is 18.1 Å². The average molecular weight is 294 g/mol. The first-order valence-electron chi connectivity index (χ1n) is 6.52. The zero-order valence-corrected chi connectivity index (χ0v) is 12.3. The van der Waals surface area contributed by atoms with E-state index >= 15 is 0 Å². The van der Waals surface area contributed by atoms with Gasteiger partial charge in [0.15, 0.2) is 0 Å². The van der Waals surface area contributed by atoms with Crippen molar-refractivity contribution in [3.63, 3.8) is 0 Å². The van der Waals surface area contributed by atoms with Gasteiger partial charge in [-0.1, -0.05) is 32.0 Å². The number of hydrogen-bond acceptors (Lipinski definition) is 3. The second kappa shape index (κ2) is 5.52. The number of fused-ring (bicyclic) bond motifs is 1. The molecule has 0 bridgehead atoms. The minimum absolute atomic E-state index is 0.0198. The van der Waals surface area contributed by atoms with Crippen LogP contribution in [0.15, 0.2) is 35.2 Å². The Bertz CT molecular complexity index is 691. The van der Waals surface area contributed by atoms with Crippen LogP contribution in [0.25, 0.3) is 11.1 Å². The molecule has 1 unspecified atom stereocenters. The molecule has 0 aromatic carbocycles. The summed E-state index contributed by atoms with van der Waals surface area (Å²) in [4.78, 5) is -0.0630. The third kappa shape index (κ3) is 2.70. The van der Waals surface area contributed by atoms with Gasteiger partial charge in [-0.05, 0) is 35.2 Å². The molecule has 0 saturated carbocycles. The molecule has 4 nitrogen and oxygen atoms in total. The normalized spacial score (nSPS) is 13.6. The summed E-state index contributed by atoms with van der Waals surface area (Å²) in [7, 11) is -4.26. The summed E-state index contributed by atoms with van der Waals surface area (Å²) >= 11 is 0. The van der Waals surface area contributed by atoms with Crippen molar-refractivity contribution >= 4 is 10.1 Å². The SMILES string of the molecule is CCc1cc(S(=O)(=O)O)c2cc(C(C)CO)cccc1-2. The molecule has 2 rings (SSSR count). The fraction of sp³-hybridized carbons (Fsp3) is 0.333. The third-order valence-electron chi connectivity index (χ3n) is 3.57. The lowest BCUT2D eigenvalue weighted by molar-refractivity contribution is 0.273. The van der Waals surface area contributed by atoms with Gasteiger partial charge in [-0.3, -0.25) is 4.55 Å². The molecule has 2 aliphatic carbocycles. The highest BCUT2D eigenvalue weighted by molar-refractivity contribution is 7.86. The number of hydrogen-bond donors (Lipinski definition) is 2. The maximum absolute atomic E-state index is 11.5. The fourth-order valence-corrected chi connectivity index (χ4v) is 3.09. The summed E-state index contributed by atoms with van der Waals surface area (Å²) in [5.41, 5.74) is 3.04. The number of aryl methyl sites for hydroxylation is 1. The summed E-state index contributed by atoms with van der Waals surface area (Å²) in [6.45, 7) is 3.78. The Labute approximate surface area is 119 Å². The van der Waals surface area contributed by atoms with Gasteiger partial charge in [-0.2, -0.15) is 8.42 Å². The molecule has 0 amide bonds. The Hall–Kier alpha value is -1.43. The molecule has 0 aromatic rings. The van der Waals surface area contributed by atoms with E-state index in [0.29, 0.717) is 12.0 Å². The van der Waals surface area contributed by atoms with Crippen molar-refractivity contribution in [1.82, 2.24) is 0 Å². The quantitative estimate of drug-likeness (QED) is 0.850. The van der Waals surface area contributed by atoms with Crippen LogP contribution in [0.1, 0.15) is 30.9 Å². The molecule has 108 valence electrons. The van der Waals surface area contributed by atoms with Crippen LogP contribution >= 0.6 is 0 Å². The van der Waals surface area contributed by atoms with Gasteiger partial charge in [0.05, 0.1) is 0 Å². The smallest absolute Gasteiger partial charge is 0.295 e. The number of aliphatic hydroxyl groups excluding tert-OH is 1. The zero-order valence-electron chi connectivity index (χ0n) is 11.5. The molecule has 1 atom stereocenters. The highest BCUT2D eigenvalue weighted by atomic mass is 32.2. The van der Waals surface area contributed by atoms with E-state index in [4.69, 9.17) is 0 Å². The van der Waals surface area contributed by atoms with Crippen LogP contribution in [0.2, 0.25) is 0 Å². The Morgan fingerprint density at radius 3 is 2.45 bits per heavy atom. The van der Waals surface area contributed by atoms with E-state index in [1.807, 2.05) is 32.0 Å². The largest absolute Gasteiger partial charge is 0.396 e. The molecular formula is C15H18O4S. The standard InChI is InChI=1S/C15H18O4S/c1-3-11-8-15(20(17,18)19)14-7-12(10(2)9-16)5-4-6-13(11)14/h4-8,10,16H,3,9H2,1-2H3,(H,17,18,19).